The maximum Gasteiger partial charge on any atom is 0.407 e. The Bertz CT molecular complexity index is 1310. The molecule has 1 N–H and O–H groups in total. The van der Waals surface area contributed by atoms with Crippen LogP contribution >= 0.6 is 0 Å². The molecule has 1 unspecified atom stereocenters. The van der Waals surface area contributed by atoms with Gasteiger partial charge in [-0.15, -0.1) is 0 Å². The van der Waals surface area contributed by atoms with Gasteiger partial charge in [0.25, 0.3) is 0 Å². The Morgan fingerprint density at radius 3 is 2.47 bits per heavy atom. The molecular weight excluding hydrogens is 502 g/mol. The molecule has 1 amide bonds. The van der Waals surface area contributed by atoms with Gasteiger partial charge in [0, 0.05) is 30.6 Å². The van der Waals surface area contributed by atoms with Gasteiger partial charge in [0.1, 0.15) is 11.9 Å². The van der Waals surface area contributed by atoms with Gasteiger partial charge in [0.05, 0.1) is 17.5 Å². The summed E-state index contributed by atoms with van der Waals surface area (Å²) in [4.78, 5) is 15.7. The van der Waals surface area contributed by atoms with Crippen molar-refractivity contribution in [1.29, 1.82) is 0 Å². The molecule has 8 nitrogen and oxygen atoms in total. The van der Waals surface area contributed by atoms with Gasteiger partial charge in [-0.1, -0.05) is 38.1 Å². The molecule has 7 rings (SSSR count). The number of amides is 1. The van der Waals surface area contributed by atoms with Crippen LogP contribution in [0.15, 0.2) is 47.4 Å². The molecule has 4 saturated heterocycles. The monoisotopic (exact) mass is 539 g/mol. The van der Waals surface area contributed by atoms with Crippen LogP contribution in [0.25, 0.3) is 11.1 Å². The number of ether oxygens (including phenoxy) is 2. The average Bonchev–Trinajstić information content (AvgIpc) is 3.47. The maximum atomic E-state index is 13.1. The van der Waals surface area contributed by atoms with Gasteiger partial charge in [0.2, 0.25) is 10.0 Å². The molecule has 2 aromatic carbocycles. The minimum absolute atomic E-state index is 0.0496. The zero-order valence-electron chi connectivity index (χ0n) is 22.2. The van der Waals surface area contributed by atoms with E-state index in [-0.39, 0.29) is 23.7 Å². The van der Waals surface area contributed by atoms with Gasteiger partial charge in [-0.05, 0) is 74.0 Å². The lowest BCUT2D eigenvalue weighted by Crippen LogP contribution is -2.53. The molecule has 9 heteroatoms. The van der Waals surface area contributed by atoms with Gasteiger partial charge in [-0.3, -0.25) is 4.90 Å². The number of alkyl carbamates (subject to hydrolysis) is 1. The lowest BCUT2D eigenvalue weighted by atomic mass is 9.78. The third-order valence-electron chi connectivity index (χ3n) is 8.69. The third-order valence-corrected chi connectivity index (χ3v) is 10.6. The molecule has 5 aliphatic heterocycles. The summed E-state index contributed by atoms with van der Waals surface area (Å²) in [6, 6.07) is 12.7. The van der Waals surface area contributed by atoms with Crippen LogP contribution in [0.2, 0.25) is 0 Å². The number of carbonyl (C=O) groups is 1. The lowest BCUT2D eigenvalue weighted by Gasteiger charge is -2.44. The highest BCUT2D eigenvalue weighted by Crippen LogP contribution is 2.44. The highest BCUT2D eigenvalue weighted by atomic mass is 32.2. The second kappa shape index (κ2) is 9.84. The van der Waals surface area contributed by atoms with E-state index in [1.165, 1.54) is 0 Å². The summed E-state index contributed by atoms with van der Waals surface area (Å²) in [6.45, 7) is 8.77. The fourth-order valence-electron chi connectivity index (χ4n) is 6.37. The van der Waals surface area contributed by atoms with Crippen molar-refractivity contribution in [3.05, 3.63) is 48.0 Å². The van der Waals surface area contributed by atoms with Crippen molar-refractivity contribution in [2.45, 2.75) is 56.6 Å². The van der Waals surface area contributed by atoms with Crippen LogP contribution in [0.1, 0.15) is 51.1 Å². The molecule has 2 bridgehead atoms. The molecule has 2 aromatic rings. The highest BCUT2D eigenvalue weighted by molar-refractivity contribution is 7.89. The van der Waals surface area contributed by atoms with Gasteiger partial charge >= 0.3 is 6.09 Å². The minimum Gasteiger partial charge on any atom is -0.493 e. The van der Waals surface area contributed by atoms with Gasteiger partial charge in [-0.25, -0.2) is 13.2 Å². The molecule has 5 heterocycles. The van der Waals surface area contributed by atoms with Crippen LogP contribution in [0, 0.1) is 11.3 Å². The summed E-state index contributed by atoms with van der Waals surface area (Å²) in [7, 11) is -3.50. The van der Waals surface area contributed by atoms with E-state index in [0.717, 1.165) is 62.0 Å². The normalized spacial score (nSPS) is 28.4. The molecule has 4 fully saturated rings. The van der Waals surface area contributed by atoms with E-state index in [4.69, 9.17) is 9.47 Å². The maximum absolute atomic E-state index is 13.1. The van der Waals surface area contributed by atoms with E-state index in [1.807, 2.05) is 24.3 Å². The van der Waals surface area contributed by atoms with Crippen molar-refractivity contribution in [3.8, 4) is 16.9 Å². The van der Waals surface area contributed by atoms with Gasteiger partial charge in [-0.2, -0.15) is 4.31 Å². The molecule has 0 spiro atoms. The Kier molecular flexibility index (Phi) is 6.64. The van der Waals surface area contributed by atoms with Crippen molar-refractivity contribution in [3.63, 3.8) is 0 Å². The number of fused-ring (bicyclic) bond motifs is 4. The van der Waals surface area contributed by atoms with Crippen LogP contribution in [0.4, 0.5) is 4.79 Å². The Morgan fingerprint density at radius 2 is 1.76 bits per heavy atom. The first kappa shape index (κ1) is 25.6. The number of hydrogen-bond donors (Lipinski definition) is 1. The number of nitrogens with zero attached hydrogens (tertiary/aromatic N) is 2. The van der Waals surface area contributed by atoms with Crippen LogP contribution in [-0.4, -0.2) is 69.2 Å². The summed E-state index contributed by atoms with van der Waals surface area (Å²) < 4.78 is 39.8. The molecule has 2 atom stereocenters. The fraction of sp³-hybridized carbons (Fsp3) is 0.552. The number of rotatable bonds is 5. The van der Waals surface area contributed by atoms with Crippen molar-refractivity contribution in [2.75, 3.05) is 39.3 Å². The third kappa shape index (κ3) is 4.80. The fourth-order valence-corrected chi connectivity index (χ4v) is 7.93. The van der Waals surface area contributed by atoms with Crippen LogP contribution in [0.5, 0.6) is 5.75 Å². The van der Waals surface area contributed by atoms with Crippen molar-refractivity contribution >= 4 is 16.1 Å². The smallest absolute Gasteiger partial charge is 0.407 e. The second-order valence-corrected chi connectivity index (χ2v) is 13.8. The molecule has 0 radical (unpaired) electrons. The van der Waals surface area contributed by atoms with Crippen LogP contribution < -0.4 is 10.1 Å². The number of benzene rings is 2. The molecule has 204 valence electrons. The Hall–Kier alpha value is -2.62. The zero-order valence-corrected chi connectivity index (χ0v) is 23.0. The minimum atomic E-state index is -3.50. The van der Waals surface area contributed by atoms with Crippen molar-refractivity contribution in [1.82, 2.24) is 14.5 Å². The molecule has 0 aromatic heterocycles. The number of nitrogens with one attached hydrogen (secondary N) is 1. The largest absolute Gasteiger partial charge is 0.493 e. The van der Waals surface area contributed by atoms with E-state index in [0.29, 0.717) is 36.3 Å². The molecular formula is C29H37N3O5S. The summed E-state index contributed by atoms with van der Waals surface area (Å²) >= 11 is 0. The predicted octanol–water partition coefficient (Wildman–Crippen LogP) is 4.42. The quantitative estimate of drug-likeness (QED) is 0.605. The molecule has 0 saturated carbocycles. The highest BCUT2D eigenvalue weighted by Gasteiger charge is 2.41. The topological polar surface area (TPSA) is 88.2 Å². The number of hydrogen-bond acceptors (Lipinski definition) is 6. The molecule has 0 aliphatic carbocycles. The van der Waals surface area contributed by atoms with E-state index in [1.54, 1.807) is 22.5 Å². The Balaban J connectivity index is 1.22. The second-order valence-electron chi connectivity index (χ2n) is 11.8. The number of piperidine rings is 3. The summed E-state index contributed by atoms with van der Waals surface area (Å²) in [5.74, 6) is 1.15. The first-order valence-electron chi connectivity index (χ1n) is 13.8. The standard InChI is InChI=1S/C29H37N3O5S/c1-29(2)19-36-25-17-22(21-6-5-7-23(16-21)38(34,35)32-12-3-4-13-32)8-9-24(25)27(29)30-28(33)37-26-18-31-14-10-20(26)11-15-31/h5-9,16-17,20,26-27H,3-4,10-15,18-19H2,1-2H3,(H,30,33)/t26-,27?/m1/s1. The average molecular weight is 540 g/mol. The van der Waals surface area contributed by atoms with Crippen molar-refractivity contribution < 1.29 is 22.7 Å². The molecule has 5 aliphatic rings. The first-order valence-corrected chi connectivity index (χ1v) is 15.2. The van der Waals surface area contributed by atoms with E-state index in [2.05, 4.69) is 24.1 Å². The number of carbonyl (C=O) groups excluding carboxylic acids is 1. The van der Waals surface area contributed by atoms with Crippen LogP contribution in [0.3, 0.4) is 0 Å². The van der Waals surface area contributed by atoms with Gasteiger partial charge < -0.3 is 14.8 Å². The predicted molar refractivity (Wildman–Crippen MR) is 144 cm³/mol. The summed E-state index contributed by atoms with van der Waals surface area (Å²) in [6.07, 6.45) is 3.56. The first-order chi connectivity index (χ1) is 18.2. The van der Waals surface area contributed by atoms with Crippen LogP contribution in [-0.2, 0) is 14.8 Å². The Labute approximate surface area is 225 Å². The summed E-state index contributed by atoms with van der Waals surface area (Å²) in [5.41, 5.74) is 2.26. The lowest BCUT2D eigenvalue weighted by molar-refractivity contribution is -0.0361. The molecule has 38 heavy (non-hydrogen) atoms. The van der Waals surface area contributed by atoms with E-state index < -0.39 is 10.0 Å². The number of sulfonamides is 1. The SMILES string of the molecule is CC1(C)COc2cc(-c3cccc(S(=O)(=O)N4CCCC4)c3)ccc2C1NC(=O)O[C@@H]1CN2CCC1CC2. The van der Waals surface area contributed by atoms with Crippen molar-refractivity contribution in [2.24, 2.45) is 11.3 Å². The van der Waals surface area contributed by atoms with E-state index >= 15 is 0 Å². The van der Waals surface area contributed by atoms with E-state index in [9.17, 15) is 13.2 Å². The summed E-state index contributed by atoms with van der Waals surface area (Å²) in [5, 5.41) is 3.15. The Morgan fingerprint density at radius 1 is 1.03 bits per heavy atom. The zero-order chi connectivity index (χ0) is 26.5. The van der Waals surface area contributed by atoms with Gasteiger partial charge in [0.15, 0.2) is 0 Å².